The molecule has 0 fully saturated rings. The molecule has 0 aliphatic rings. The minimum absolute atomic E-state index is 0.0690. The van der Waals surface area contributed by atoms with Crippen molar-refractivity contribution in [1.29, 1.82) is 0 Å². The molecule has 3 rings (SSSR count). The number of carbonyl (C=O) groups is 2. The predicted octanol–water partition coefficient (Wildman–Crippen LogP) is 3.33. The second-order valence-electron chi connectivity index (χ2n) is 6.89. The van der Waals surface area contributed by atoms with Gasteiger partial charge in [-0.15, -0.1) is 0 Å². The molecule has 2 aromatic carbocycles. The molecule has 30 heavy (non-hydrogen) atoms. The molecule has 7 nitrogen and oxygen atoms in total. The fraction of sp³-hybridized carbons (Fsp3) is 0.304. The monoisotopic (exact) mass is 410 g/mol. The first-order valence-electron chi connectivity index (χ1n) is 9.72. The highest BCUT2D eigenvalue weighted by Crippen LogP contribution is 2.37. The van der Waals surface area contributed by atoms with Gasteiger partial charge in [-0.2, -0.15) is 0 Å². The van der Waals surface area contributed by atoms with Crippen molar-refractivity contribution in [3.05, 3.63) is 54.3 Å². The first-order valence-corrected chi connectivity index (χ1v) is 9.72. The minimum atomic E-state index is -0.365. The zero-order valence-corrected chi connectivity index (χ0v) is 17.4. The Kier molecular flexibility index (Phi) is 7.08. The number of hydrogen-bond donors (Lipinski definition) is 1. The van der Waals surface area contributed by atoms with Gasteiger partial charge in [0.05, 0.1) is 13.7 Å². The number of benzene rings is 2. The van der Waals surface area contributed by atoms with Crippen molar-refractivity contribution in [1.82, 2.24) is 10.2 Å². The Morgan fingerprint density at radius 1 is 1.10 bits per heavy atom. The van der Waals surface area contributed by atoms with Crippen LogP contribution in [0.5, 0.6) is 5.75 Å². The van der Waals surface area contributed by atoms with E-state index in [1.807, 2.05) is 42.5 Å². The standard InChI is InChI=1S/C23H26N2O5/c1-25(15-20(26)24-12-7-13-28-2)23(27)22-21(16-8-5-4-6-9-16)18-11-10-17(29-3)14-19(18)30-22/h4-6,8-11,14H,7,12-13,15H2,1-3H3,(H,24,26). The van der Waals surface area contributed by atoms with Crippen LogP contribution in [0.25, 0.3) is 22.1 Å². The minimum Gasteiger partial charge on any atom is -0.497 e. The van der Waals surface area contributed by atoms with Crippen LogP contribution in [-0.2, 0) is 9.53 Å². The maximum atomic E-state index is 13.2. The smallest absolute Gasteiger partial charge is 0.290 e. The van der Waals surface area contributed by atoms with Gasteiger partial charge in [-0.05, 0) is 24.1 Å². The summed E-state index contributed by atoms with van der Waals surface area (Å²) in [5, 5.41) is 3.59. The number of amides is 2. The van der Waals surface area contributed by atoms with Gasteiger partial charge in [0, 0.05) is 44.3 Å². The number of fused-ring (bicyclic) bond motifs is 1. The van der Waals surface area contributed by atoms with Crippen molar-refractivity contribution >= 4 is 22.8 Å². The Bertz CT molecular complexity index is 1010. The first-order chi connectivity index (χ1) is 14.5. The SMILES string of the molecule is COCCCNC(=O)CN(C)C(=O)c1oc2cc(OC)ccc2c1-c1ccccc1. The fourth-order valence-corrected chi connectivity index (χ4v) is 3.21. The van der Waals surface area contributed by atoms with Gasteiger partial charge in [0.1, 0.15) is 11.3 Å². The summed E-state index contributed by atoms with van der Waals surface area (Å²) in [4.78, 5) is 26.7. The molecule has 1 N–H and O–H groups in total. The van der Waals surface area contributed by atoms with Crippen LogP contribution in [0.4, 0.5) is 0 Å². The predicted molar refractivity (Wildman–Crippen MR) is 115 cm³/mol. The number of ether oxygens (including phenoxy) is 2. The number of methoxy groups -OCH3 is 2. The Morgan fingerprint density at radius 2 is 1.87 bits per heavy atom. The lowest BCUT2D eigenvalue weighted by atomic mass is 10.0. The zero-order chi connectivity index (χ0) is 21.5. The van der Waals surface area contributed by atoms with Crippen molar-refractivity contribution in [3.63, 3.8) is 0 Å². The number of likely N-dealkylation sites (N-methyl/N-ethyl adjacent to an activating group) is 1. The average molecular weight is 410 g/mol. The quantitative estimate of drug-likeness (QED) is 0.547. The molecule has 0 aliphatic carbocycles. The summed E-state index contributed by atoms with van der Waals surface area (Å²) in [6.07, 6.45) is 0.712. The highest BCUT2D eigenvalue weighted by molar-refractivity contribution is 6.08. The van der Waals surface area contributed by atoms with Gasteiger partial charge in [0.2, 0.25) is 11.7 Å². The molecule has 3 aromatic rings. The molecule has 0 spiro atoms. The molecule has 0 aliphatic heterocycles. The van der Waals surface area contributed by atoms with Gasteiger partial charge in [0.15, 0.2) is 0 Å². The van der Waals surface area contributed by atoms with Crippen LogP contribution >= 0.6 is 0 Å². The Hall–Kier alpha value is -3.32. The van der Waals surface area contributed by atoms with Gasteiger partial charge >= 0.3 is 0 Å². The summed E-state index contributed by atoms with van der Waals surface area (Å²) >= 11 is 0. The Morgan fingerprint density at radius 3 is 2.57 bits per heavy atom. The molecule has 0 bridgehead atoms. The molecule has 0 unspecified atom stereocenters. The molecule has 1 heterocycles. The summed E-state index contributed by atoms with van der Waals surface area (Å²) < 4.78 is 16.2. The van der Waals surface area contributed by atoms with E-state index in [9.17, 15) is 9.59 Å². The van der Waals surface area contributed by atoms with E-state index in [-0.39, 0.29) is 24.1 Å². The lowest BCUT2D eigenvalue weighted by Gasteiger charge is -2.16. The highest BCUT2D eigenvalue weighted by Gasteiger charge is 2.25. The summed E-state index contributed by atoms with van der Waals surface area (Å²) in [5.41, 5.74) is 2.11. The van der Waals surface area contributed by atoms with E-state index in [1.54, 1.807) is 27.3 Å². The van der Waals surface area contributed by atoms with E-state index in [2.05, 4.69) is 5.32 Å². The largest absolute Gasteiger partial charge is 0.497 e. The van der Waals surface area contributed by atoms with Crippen LogP contribution in [0.3, 0.4) is 0 Å². The van der Waals surface area contributed by atoms with E-state index in [1.165, 1.54) is 4.90 Å². The van der Waals surface area contributed by atoms with E-state index in [0.29, 0.717) is 36.5 Å². The van der Waals surface area contributed by atoms with Crippen molar-refractivity contribution in [2.75, 3.05) is 41.0 Å². The lowest BCUT2D eigenvalue weighted by molar-refractivity contribution is -0.121. The summed E-state index contributed by atoms with van der Waals surface area (Å²) in [5.74, 6) is 0.231. The van der Waals surface area contributed by atoms with Crippen LogP contribution < -0.4 is 10.1 Å². The molecular weight excluding hydrogens is 384 g/mol. The number of nitrogens with zero attached hydrogens (tertiary/aromatic N) is 1. The number of rotatable bonds is 9. The Labute approximate surface area is 175 Å². The summed E-state index contributed by atoms with van der Waals surface area (Å²) in [7, 11) is 4.77. The van der Waals surface area contributed by atoms with Crippen molar-refractivity contribution in [2.24, 2.45) is 0 Å². The van der Waals surface area contributed by atoms with E-state index < -0.39 is 0 Å². The number of hydrogen-bond acceptors (Lipinski definition) is 5. The van der Waals surface area contributed by atoms with E-state index in [4.69, 9.17) is 13.9 Å². The van der Waals surface area contributed by atoms with Gasteiger partial charge in [-0.25, -0.2) is 0 Å². The molecule has 7 heteroatoms. The van der Waals surface area contributed by atoms with Crippen LogP contribution in [0.2, 0.25) is 0 Å². The maximum absolute atomic E-state index is 13.2. The zero-order valence-electron chi connectivity index (χ0n) is 17.4. The first kappa shape index (κ1) is 21.4. The number of furan rings is 1. The third-order valence-electron chi connectivity index (χ3n) is 4.73. The molecule has 0 radical (unpaired) electrons. The molecular formula is C23H26N2O5. The third-order valence-corrected chi connectivity index (χ3v) is 4.73. The van der Waals surface area contributed by atoms with Crippen LogP contribution in [0.1, 0.15) is 17.0 Å². The fourth-order valence-electron chi connectivity index (χ4n) is 3.21. The molecule has 0 saturated heterocycles. The van der Waals surface area contributed by atoms with E-state index >= 15 is 0 Å². The molecule has 1 aromatic heterocycles. The summed E-state index contributed by atoms with van der Waals surface area (Å²) in [6, 6.07) is 15.0. The van der Waals surface area contributed by atoms with E-state index in [0.717, 1.165) is 10.9 Å². The Balaban J connectivity index is 1.88. The van der Waals surface area contributed by atoms with Crippen LogP contribution in [-0.4, -0.2) is 57.7 Å². The third kappa shape index (κ3) is 4.80. The van der Waals surface area contributed by atoms with Crippen molar-refractivity contribution in [2.45, 2.75) is 6.42 Å². The number of carbonyl (C=O) groups excluding carboxylic acids is 2. The topological polar surface area (TPSA) is 81.0 Å². The molecule has 0 atom stereocenters. The van der Waals surface area contributed by atoms with Crippen molar-refractivity contribution in [3.8, 4) is 16.9 Å². The second-order valence-corrected chi connectivity index (χ2v) is 6.89. The van der Waals surface area contributed by atoms with Gasteiger partial charge in [-0.3, -0.25) is 9.59 Å². The average Bonchev–Trinajstić information content (AvgIpc) is 3.15. The second kappa shape index (κ2) is 9.93. The lowest BCUT2D eigenvalue weighted by Crippen LogP contribution is -2.38. The molecule has 2 amide bonds. The maximum Gasteiger partial charge on any atom is 0.290 e. The van der Waals surface area contributed by atoms with Crippen LogP contribution in [0.15, 0.2) is 52.9 Å². The van der Waals surface area contributed by atoms with Crippen LogP contribution in [0, 0.1) is 0 Å². The number of nitrogens with one attached hydrogen (secondary N) is 1. The van der Waals surface area contributed by atoms with Gasteiger partial charge < -0.3 is 24.1 Å². The summed E-state index contributed by atoms with van der Waals surface area (Å²) in [6.45, 7) is 0.993. The molecule has 0 saturated carbocycles. The van der Waals surface area contributed by atoms with Crippen molar-refractivity contribution < 1.29 is 23.5 Å². The molecule has 158 valence electrons. The normalized spacial score (nSPS) is 10.8. The highest BCUT2D eigenvalue weighted by atomic mass is 16.5. The van der Waals surface area contributed by atoms with Gasteiger partial charge in [0.25, 0.3) is 5.91 Å². The van der Waals surface area contributed by atoms with Gasteiger partial charge in [-0.1, -0.05) is 30.3 Å².